The van der Waals surface area contributed by atoms with Crippen molar-refractivity contribution in [3.8, 4) is 0 Å². The molecule has 0 spiro atoms. The van der Waals surface area contributed by atoms with E-state index in [4.69, 9.17) is 10.5 Å². The van der Waals surface area contributed by atoms with E-state index in [1.807, 2.05) is 13.8 Å². The molecule has 13 heavy (non-hydrogen) atoms. The number of carbonyl (C=O) groups excluding carboxylic acids is 1. The van der Waals surface area contributed by atoms with Crippen LogP contribution in [0.4, 0.5) is 0 Å². The maximum absolute atomic E-state index is 11.2. The van der Waals surface area contributed by atoms with Crippen LogP contribution in [0.1, 0.15) is 27.2 Å². The van der Waals surface area contributed by atoms with Gasteiger partial charge in [0.05, 0.1) is 6.10 Å². The highest BCUT2D eigenvalue weighted by Gasteiger charge is 2.15. The lowest BCUT2D eigenvalue weighted by molar-refractivity contribution is -0.149. The van der Waals surface area contributed by atoms with Crippen LogP contribution in [0.3, 0.4) is 0 Å². The lowest BCUT2D eigenvalue weighted by Gasteiger charge is -2.13. The van der Waals surface area contributed by atoms with E-state index in [1.54, 1.807) is 11.8 Å². The number of carbonyl (C=O) groups is 1. The number of ether oxygens (including phenoxy) is 1. The Bertz CT molecular complexity index is 151. The van der Waals surface area contributed by atoms with Crippen LogP contribution in [0.25, 0.3) is 0 Å². The summed E-state index contributed by atoms with van der Waals surface area (Å²) in [6.07, 6.45) is 0.627. The molecule has 0 aromatic heterocycles. The normalized spacial score (nSPS) is 13.0. The van der Waals surface area contributed by atoms with Crippen LogP contribution in [-0.4, -0.2) is 29.6 Å². The predicted octanol–water partition coefficient (Wildman–Crippen LogP) is 1.41. The summed E-state index contributed by atoms with van der Waals surface area (Å²) in [6, 6.07) is -0.457. The highest BCUT2D eigenvalue weighted by molar-refractivity contribution is 7.99. The van der Waals surface area contributed by atoms with Gasteiger partial charge in [-0.15, -0.1) is 0 Å². The van der Waals surface area contributed by atoms with Gasteiger partial charge in [0.15, 0.2) is 0 Å². The van der Waals surface area contributed by atoms with Gasteiger partial charge < -0.3 is 10.5 Å². The van der Waals surface area contributed by atoms with Gasteiger partial charge in [-0.2, -0.15) is 11.8 Å². The van der Waals surface area contributed by atoms with Crippen molar-refractivity contribution in [2.24, 2.45) is 5.73 Å². The van der Waals surface area contributed by atoms with Crippen molar-refractivity contribution < 1.29 is 9.53 Å². The number of hydrogen-bond donors (Lipinski definition) is 1. The molecule has 0 fully saturated rings. The first-order chi connectivity index (χ1) is 6.07. The van der Waals surface area contributed by atoms with Gasteiger partial charge in [-0.1, -0.05) is 6.92 Å². The summed E-state index contributed by atoms with van der Waals surface area (Å²) in [5.41, 5.74) is 5.62. The van der Waals surface area contributed by atoms with Gasteiger partial charge in [-0.05, 0) is 31.8 Å². The van der Waals surface area contributed by atoms with E-state index in [1.165, 1.54) is 0 Å². The monoisotopic (exact) mass is 205 g/mol. The molecule has 78 valence electrons. The van der Waals surface area contributed by atoms with Gasteiger partial charge in [0, 0.05) is 0 Å². The highest BCUT2D eigenvalue weighted by atomic mass is 32.2. The summed E-state index contributed by atoms with van der Waals surface area (Å²) < 4.78 is 4.97. The van der Waals surface area contributed by atoms with E-state index in [-0.39, 0.29) is 12.1 Å². The van der Waals surface area contributed by atoms with Crippen LogP contribution >= 0.6 is 11.8 Å². The number of nitrogens with two attached hydrogens (primary N) is 1. The third-order valence-corrected chi connectivity index (χ3v) is 2.36. The first-order valence-electron chi connectivity index (χ1n) is 4.61. The van der Waals surface area contributed by atoms with Crippen LogP contribution in [0.2, 0.25) is 0 Å². The Morgan fingerprint density at radius 1 is 1.54 bits per heavy atom. The molecule has 0 aliphatic heterocycles. The fourth-order valence-electron chi connectivity index (χ4n) is 0.792. The first kappa shape index (κ1) is 12.8. The third kappa shape index (κ3) is 6.90. The summed E-state index contributed by atoms with van der Waals surface area (Å²) >= 11 is 1.78. The predicted molar refractivity (Wildman–Crippen MR) is 56.8 cm³/mol. The number of thioether (sulfide) groups is 1. The molecule has 1 atom stereocenters. The van der Waals surface area contributed by atoms with E-state index in [2.05, 4.69) is 6.92 Å². The molecule has 0 saturated heterocycles. The molecule has 0 aliphatic carbocycles. The van der Waals surface area contributed by atoms with Crippen LogP contribution in [0, 0.1) is 0 Å². The van der Waals surface area contributed by atoms with Crippen LogP contribution < -0.4 is 5.73 Å². The molecule has 0 heterocycles. The zero-order valence-electron chi connectivity index (χ0n) is 8.58. The number of hydrogen-bond acceptors (Lipinski definition) is 4. The highest BCUT2D eigenvalue weighted by Crippen LogP contribution is 2.04. The van der Waals surface area contributed by atoms with E-state index in [9.17, 15) is 4.79 Å². The van der Waals surface area contributed by atoms with Gasteiger partial charge in [0.2, 0.25) is 0 Å². The third-order valence-electron chi connectivity index (χ3n) is 1.43. The molecule has 0 bridgehead atoms. The average molecular weight is 205 g/mol. The Balaban J connectivity index is 3.57. The van der Waals surface area contributed by atoms with Crippen LogP contribution in [0.5, 0.6) is 0 Å². The Morgan fingerprint density at radius 3 is 2.62 bits per heavy atom. The lowest BCUT2D eigenvalue weighted by atomic mass is 10.2. The van der Waals surface area contributed by atoms with Crippen molar-refractivity contribution in [1.82, 2.24) is 0 Å². The molecule has 0 amide bonds. The molecule has 0 aromatic carbocycles. The Morgan fingerprint density at radius 2 is 2.15 bits per heavy atom. The average Bonchev–Trinajstić information content (AvgIpc) is 2.03. The maximum atomic E-state index is 11.2. The zero-order chi connectivity index (χ0) is 10.3. The van der Waals surface area contributed by atoms with E-state index >= 15 is 0 Å². The van der Waals surface area contributed by atoms with Gasteiger partial charge in [0.25, 0.3) is 0 Å². The van der Waals surface area contributed by atoms with Crippen molar-refractivity contribution in [3.05, 3.63) is 0 Å². The van der Waals surface area contributed by atoms with Crippen LogP contribution in [0.15, 0.2) is 0 Å². The quantitative estimate of drug-likeness (QED) is 0.526. The molecule has 0 saturated carbocycles. The molecule has 3 nitrogen and oxygen atoms in total. The van der Waals surface area contributed by atoms with Crippen molar-refractivity contribution in [3.63, 3.8) is 0 Å². The van der Waals surface area contributed by atoms with E-state index < -0.39 is 6.04 Å². The van der Waals surface area contributed by atoms with E-state index in [0.717, 1.165) is 11.5 Å². The summed E-state index contributed by atoms with van der Waals surface area (Å²) in [6.45, 7) is 5.74. The second-order valence-electron chi connectivity index (χ2n) is 3.08. The molecular formula is C9H19NO2S. The van der Waals surface area contributed by atoms with Crippen molar-refractivity contribution in [1.29, 1.82) is 0 Å². The summed E-state index contributed by atoms with van der Waals surface area (Å²) in [5, 5.41) is 0. The molecule has 2 N–H and O–H groups in total. The molecule has 0 radical (unpaired) electrons. The Hall–Kier alpha value is -0.220. The standard InChI is InChI=1S/C9H19NO2S/c1-4-13-6-5-8(10)9(11)12-7(2)3/h7-8H,4-6,10H2,1-3H3. The lowest BCUT2D eigenvalue weighted by Crippen LogP contribution is -2.34. The number of esters is 1. The molecule has 1 unspecified atom stereocenters. The number of rotatable bonds is 6. The fourth-order valence-corrected chi connectivity index (χ4v) is 1.50. The molecular weight excluding hydrogens is 186 g/mol. The SMILES string of the molecule is CCSCCC(N)C(=O)OC(C)C. The second-order valence-corrected chi connectivity index (χ2v) is 4.47. The van der Waals surface area contributed by atoms with Crippen molar-refractivity contribution in [2.75, 3.05) is 11.5 Å². The Kier molecular flexibility index (Phi) is 7.09. The molecule has 0 rings (SSSR count). The van der Waals surface area contributed by atoms with Gasteiger partial charge in [0.1, 0.15) is 6.04 Å². The molecule has 0 aromatic rings. The summed E-state index contributed by atoms with van der Waals surface area (Å²) in [5.74, 6) is 1.70. The van der Waals surface area contributed by atoms with Gasteiger partial charge in [-0.3, -0.25) is 4.79 Å². The van der Waals surface area contributed by atoms with E-state index in [0.29, 0.717) is 6.42 Å². The second kappa shape index (κ2) is 7.21. The van der Waals surface area contributed by atoms with Crippen molar-refractivity contribution >= 4 is 17.7 Å². The minimum atomic E-state index is -0.457. The van der Waals surface area contributed by atoms with Crippen molar-refractivity contribution in [2.45, 2.75) is 39.3 Å². The largest absolute Gasteiger partial charge is 0.462 e. The minimum Gasteiger partial charge on any atom is -0.462 e. The topological polar surface area (TPSA) is 52.3 Å². The van der Waals surface area contributed by atoms with Gasteiger partial charge >= 0.3 is 5.97 Å². The zero-order valence-corrected chi connectivity index (χ0v) is 9.39. The fraction of sp³-hybridized carbons (Fsp3) is 0.889. The summed E-state index contributed by atoms with van der Waals surface area (Å²) in [4.78, 5) is 11.2. The first-order valence-corrected chi connectivity index (χ1v) is 5.77. The molecule has 0 aliphatic rings. The van der Waals surface area contributed by atoms with Crippen LogP contribution in [-0.2, 0) is 9.53 Å². The smallest absolute Gasteiger partial charge is 0.323 e. The Labute approximate surface area is 84.4 Å². The summed E-state index contributed by atoms with van der Waals surface area (Å²) in [7, 11) is 0. The minimum absolute atomic E-state index is 0.0719. The molecule has 4 heteroatoms. The van der Waals surface area contributed by atoms with Gasteiger partial charge in [-0.25, -0.2) is 0 Å². The maximum Gasteiger partial charge on any atom is 0.323 e.